The zero-order chi connectivity index (χ0) is 7.98. The molecule has 1 N–H and O–H groups in total. The molecule has 0 aliphatic carbocycles. The molecule has 10 heavy (non-hydrogen) atoms. The van der Waals surface area contributed by atoms with Gasteiger partial charge in [-0.3, -0.25) is 9.59 Å². The highest BCUT2D eigenvalue weighted by atomic mass is 16.5. The van der Waals surface area contributed by atoms with Gasteiger partial charge in [-0.2, -0.15) is 0 Å². The van der Waals surface area contributed by atoms with E-state index in [2.05, 4.69) is 4.74 Å². The van der Waals surface area contributed by atoms with Crippen LogP contribution >= 0.6 is 0 Å². The van der Waals surface area contributed by atoms with Crippen LogP contribution in [0.3, 0.4) is 0 Å². The maximum absolute atomic E-state index is 10.6. The average Bonchev–Trinajstić information content (AvgIpc) is 1.82. The van der Waals surface area contributed by atoms with Gasteiger partial charge in [0.2, 0.25) is 0 Å². The Morgan fingerprint density at radius 1 is 1.50 bits per heavy atom. The molecule has 0 aromatic carbocycles. The second-order valence-electron chi connectivity index (χ2n) is 1.85. The number of carbonyl (C=O) groups excluding carboxylic acids is 1. The van der Waals surface area contributed by atoms with Gasteiger partial charge < -0.3 is 9.84 Å². The van der Waals surface area contributed by atoms with Crippen molar-refractivity contribution in [1.82, 2.24) is 0 Å². The number of hydrogen-bond acceptors (Lipinski definition) is 3. The van der Waals surface area contributed by atoms with Crippen LogP contribution in [-0.2, 0) is 14.3 Å². The van der Waals surface area contributed by atoms with Crippen molar-refractivity contribution in [3.63, 3.8) is 0 Å². The lowest BCUT2D eigenvalue weighted by atomic mass is 10.2. The van der Waals surface area contributed by atoms with E-state index in [-0.39, 0.29) is 12.2 Å². The van der Waals surface area contributed by atoms with Gasteiger partial charge >= 0.3 is 5.97 Å². The number of carbonyl (C=O) groups is 2. The second-order valence-corrected chi connectivity index (χ2v) is 1.85. The summed E-state index contributed by atoms with van der Waals surface area (Å²) in [6, 6.07) is 0. The third-order valence-corrected chi connectivity index (χ3v) is 0.933. The molecule has 0 atom stereocenters. The first-order valence-electron chi connectivity index (χ1n) is 2.89. The van der Waals surface area contributed by atoms with Crippen molar-refractivity contribution in [2.45, 2.75) is 12.8 Å². The van der Waals surface area contributed by atoms with Gasteiger partial charge in [-0.15, -0.1) is 0 Å². The number of Topliss-reactive ketones (excluding diaryl/α,β-unsaturated/α-hetero) is 1. The summed E-state index contributed by atoms with van der Waals surface area (Å²) in [5.74, 6) is -1.38. The highest BCUT2D eigenvalue weighted by Gasteiger charge is 2.05. The molecular weight excluding hydrogens is 136 g/mol. The molecule has 0 saturated heterocycles. The van der Waals surface area contributed by atoms with Gasteiger partial charge in [0.25, 0.3) is 0 Å². The van der Waals surface area contributed by atoms with Crippen LogP contribution in [0.4, 0.5) is 0 Å². The summed E-state index contributed by atoms with van der Waals surface area (Å²) in [7, 11) is 1.47. The largest absolute Gasteiger partial charge is 0.481 e. The molecule has 0 aromatic rings. The minimum atomic E-state index is -1.08. The summed E-state index contributed by atoms with van der Waals surface area (Å²) in [6.07, 6.45) is -0.216. The van der Waals surface area contributed by atoms with E-state index in [9.17, 15) is 9.59 Å². The molecule has 0 aliphatic rings. The van der Waals surface area contributed by atoms with E-state index in [1.807, 2.05) is 0 Å². The standard InChI is InChI=1S/C6H10O4/c1-10-3-2-5(7)4-6(8)9/h2-4H2,1H3,(H,8,9). The molecule has 0 bridgehead atoms. The Kier molecular flexibility index (Phi) is 4.49. The van der Waals surface area contributed by atoms with Gasteiger partial charge in [-0.25, -0.2) is 0 Å². The average molecular weight is 146 g/mol. The van der Waals surface area contributed by atoms with Gasteiger partial charge in [0, 0.05) is 13.5 Å². The van der Waals surface area contributed by atoms with Crippen LogP contribution in [0, 0.1) is 0 Å². The van der Waals surface area contributed by atoms with Gasteiger partial charge in [0.05, 0.1) is 6.61 Å². The number of ether oxygens (including phenoxy) is 1. The molecule has 0 saturated carbocycles. The number of methoxy groups -OCH3 is 1. The Morgan fingerprint density at radius 2 is 2.10 bits per heavy atom. The quantitative estimate of drug-likeness (QED) is 0.557. The summed E-state index contributed by atoms with van der Waals surface area (Å²) < 4.78 is 4.58. The number of carboxylic acids is 1. The summed E-state index contributed by atoms with van der Waals surface area (Å²) in [5.41, 5.74) is 0. The van der Waals surface area contributed by atoms with E-state index in [4.69, 9.17) is 5.11 Å². The summed E-state index contributed by atoms with van der Waals surface area (Å²) in [6.45, 7) is 0.298. The smallest absolute Gasteiger partial charge is 0.310 e. The van der Waals surface area contributed by atoms with E-state index < -0.39 is 12.4 Å². The van der Waals surface area contributed by atoms with Gasteiger partial charge in [0.1, 0.15) is 12.2 Å². The zero-order valence-electron chi connectivity index (χ0n) is 5.79. The summed E-state index contributed by atoms with van der Waals surface area (Å²) in [4.78, 5) is 20.5. The second kappa shape index (κ2) is 4.93. The molecule has 58 valence electrons. The fourth-order valence-corrected chi connectivity index (χ4v) is 0.473. The molecule has 0 unspecified atom stereocenters. The highest BCUT2D eigenvalue weighted by molar-refractivity contribution is 5.94. The number of rotatable bonds is 5. The molecule has 4 heteroatoms. The zero-order valence-corrected chi connectivity index (χ0v) is 5.79. The van der Waals surface area contributed by atoms with Gasteiger partial charge in [0.15, 0.2) is 0 Å². The molecule has 0 spiro atoms. The lowest BCUT2D eigenvalue weighted by Crippen LogP contribution is -2.08. The van der Waals surface area contributed by atoms with Crippen LogP contribution < -0.4 is 0 Å². The Labute approximate surface area is 58.8 Å². The van der Waals surface area contributed by atoms with E-state index in [0.29, 0.717) is 6.61 Å². The van der Waals surface area contributed by atoms with E-state index in [1.54, 1.807) is 0 Å². The molecule has 0 radical (unpaired) electrons. The SMILES string of the molecule is COCCC(=O)CC(=O)O. The van der Waals surface area contributed by atoms with E-state index in [1.165, 1.54) is 7.11 Å². The number of aliphatic carboxylic acids is 1. The molecule has 0 aromatic heterocycles. The van der Waals surface area contributed by atoms with E-state index >= 15 is 0 Å². The monoisotopic (exact) mass is 146 g/mol. The minimum Gasteiger partial charge on any atom is -0.481 e. The van der Waals surface area contributed by atoms with Crippen molar-refractivity contribution in [3.8, 4) is 0 Å². The van der Waals surface area contributed by atoms with Gasteiger partial charge in [-0.05, 0) is 0 Å². The number of ketones is 1. The Bertz CT molecular complexity index is 130. The number of carboxylic acid groups (broad SMARTS) is 1. The van der Waals surface area contributed by atoms with E-state index in [0.717, 1.165) is 0 Å². The first kappa shape index (κ1) is 9.10. The summed E-state index contributed by atoms with van der Waals surface area (Å²) >= 11 is 0. The van der Waals surface area contributed by atoms with Crippen LogP contribution in [0.2, 0.25) is 0 Å². The predicted octanol–water partition coefficient (Wildman–Crippen LogP) is 0.0667. The van der Waals surface area contributed by atoms with Crippen molar-refractivity contribution < 1.29 is 19.4 Å². The molecule has 0 amide bonds. The minimum absolute atomic E-state index is 0.183. The first-order chi connectivity index (χ1) is 4.66. The molecular formula is C6H10O4. The maximum Gasteiger partial charge on any atom is 0.310 e. The van der Waals surface area contributed by atoms with Crippen LogP contribution in [0.5, 0.6) is 0 Å². The Hall–Kier alpha value is -0.900. The predicted molar refractivity (Wildman–Crippen MR) is 33.8 cm³/mol. The van der Waals surface area contributed by atoms with Crippen LogP contribution in [0.1, 0.15) is 12.8 Å². The molecule has 0 rings (SSSR count). The maximum atomic E-state index is 10.6. The normalized spacial score (nSPS) is 9.30. The lowest BCUT2D eigenvalue weighted by molar-refractivity contribution is -0.140. The van der Waals surface area contributed by atoms with Crippen LogP contribution in [0.25, 0.3) is 0 Å². The topological polar surface area (TPSA) is 63.6 Å². The van der Waals surface area contributed by atoms with Crippen LogP contribution in [-0.4, -0.2) is 30.6 Å². The molecule has 0 heterocycles. The van der Waals surface area contributed by atoms with Crippen LogP contribution in [0.15, 0.2) is 0 Å². The third-order valence-electron chi connectivity index (χ3n) is 0.933. The van der Waals surface area contributed by atoms with Crippen molar-refractivity contribution in [2.75, 3.05) is 13.7 Å². The lowest BCUT2D eigenvalue weighted by Gasteiger charge is -1.94. The van der Waals surface area contributed by atoms with Crippen molar-refractivity contribution >= 4 is 11.8 Å². The fraction of sp³-hybridized carbons (Fsp3) is 0.667. The fourth-order valence-electron chi connectivity index (χ4n) is 0.473. The Morgan fingerprint density at radius 3 is 2.50 bits per heavy atom. The van der Waals surface area contributed by atoms with Crippen molar-refractivity contribution in [2.24, 2.45) is 0 Å². The van der Waals surface area contributed by atoms with Crippen molar-refractivity contribution in [3.05, 3.63) is 0 Å². The molecule has 4 nitrogen and oxygen atoms in total. The van der Waals surface area contributed by atoms with Gasteiger partial charge in [-0.1, -0.05) is 0 Å². The van der Waals surface area contributed by atoms with Crippen molar-refractivity contribution in [1.29, 1.82) is 0 Å². The Balaban J connectivity index is 3.35. The molecule has 0 aliphatic heterocycles. The third kappa shape index (κ3) is 5.24. The number of hydrogen-bond donors (Lipinski definition) is 1. The summed E-state index contributed by atoms with van der Waals surface area (Å²) in [5, 5.41) is 8.12. The first-order valence-corrected chi connectivity index (χ1v) is 2.89. The molecule has 0 fully saturated rings. The highest BCUT2D eigenvalue weighted by Crippen LogP contribution is 1.89.